The molecular formula is C14H18N2O5. The maximum Gasteiger partial charge on any atom is 0.335 e. The Balaban J connectivity index is 2.88. The van der Waals surface area contributed by atoms with Gasteiger partial charge in [-0.2, -0.15) is 0 Å². The van der Waals surface area contributed by atoms with Crippen LogP contribution in [-0.4, -0.2) is 48.5 Å². The molecule has 0 saturated heterocycles. The molecular weight excluding hydrogens is 276 g/mol. The van der Waals surface area contributed by atoms with E-state index >= 15 is 0 Å². The number of carbonyl (C=O) groups is 3. The normalized spacial score (nSPS) is 10.0. The van der Waals surface area contributed by atoms with Gasteiger partial charge < -0.3 is 20.1 Å². The fourth-order valence-electron chi connectivity index (χ4n) is 1.66. The van der Waals surface area contributed by atoms with Crippen molar-refractivity contribution in [3.63, 3.8) is 0 Å². The van der Waals surface area contributed by atoms with Gasteiger partial charge in [-0.05, 0) is 23.8 Å². The van der Waals surface area contributed by atoms with Crippen LogP contribution in [0, 0.1) is 0 Å². The second kappa shape index (κ2) is 7.39. The number of carboxylic acids is 1. The number of anilines is 1. The van der Waals surface area contributed by atoms with Crippen molar-refractivity contribution in [2.24, 2.45) is 0 Å². The number of likely N-dealkylation sites (N-methyl/N-ethyl adjacent to an activating group) is 1. The smallest absolute Gasteiger partial charge is 0.335 e. The summed E-state index contributed by atoms with van der Waals surface area (Å²) in [6.07, 6.45) is 0. The van der Waals surface area contributed by atoms with E-state index in [-0.39, 0.29) is 24.6 Å². The van der Waals surface area contributed by atoms with Gasteiger partial charge in [-0.25, -0.2) is 4.79 Å². The summed E-state index contributed by atoms with van der Waals surface area (Å²) in [4.78, 5) is 35.2. The van der Waals surface area contributed by atoms with E-state index in [9.17, 15) is 14.4 Å². The van der Waals surface area contributed by atoms with E-state index < -0.39 is 11.9 Å². The highest BCUT2D eigenvalue weighted by Gasteiger charge is 2.12. The van der Waals surface area contributed by atoms with Crippen molar-refractivity contribution in [3.8, 4) is 0 Å². The molecule has 0 aliphatic carbocycles. The van der Waals surface area contributed by atoms with Gasteiger partial charge in [-0.15, -0.1) is 0 Å². The van der Waals surface area contributed by atoms with Crippen LogP contribution in [0.5, 0.6) is 0 Å². The van der Waals surface area contributed by atoms with Crippen molar-refractivity contribution in [1.82, 2.24) is 4.90 Å². The van der Waals surface area contributed by atoms with Gasteiger partial charge in [0.25, 0.3) is 0 Å². The standard InChI is InChI=1S/C14H18N2O5/c1-9(17)16(2)7-13(18)15-12-5-10(8-21-3)4-11(6-12)14(19)20/h4-6H,7-8H2,1-3H3,(H,15,18)(H,19,20). The van der Waals surface area contributed by atoms with Crippen LogP contribution < -0.4 is 5.32 Å². The van der Waals surface area contributed by atoms with E-state index in [1.165, 1.54) is 38.1 Å². The minimum absolute atomic E-state index is 0.0553. The van der Waals surface area contributed by atoms with Crippen molar-refractivity contribution >= 4 is 23.5 Å². The Hall–Kier alpha value is -2.41. The predicted octanol–water partition coefficient (Wildman–Crippen LogP) is 0.948. The first-order valence-electron chi connectivity index (χ1n) is 6.21. The molecule has 7 nitrogen and oxygen atoms in total. The van der Waals surface area contributed by atoms with Gasteiger partial charge in [0.2, 0.25) is 11.8 Å². The molecule has 7 heteroatoms. The molecule has 2 amide bonds. The molecule has 1 rings (SSSR count). The second-order valence-electron chi connectivity index (χ2n) is 4.58. The highest BCUT2D eigenvalue weighted by atomic mass is 16.5. The SMILES string of the molecule is COCc1cc(NC(=O)CN(C)C(C)=O)cc(C(=O)O)c1. The lowest BCUT2D eigenvalue weighted by atomic mass is 10.1. The molecule has 0 radical (unpaired) electrons. The Labute approximate surface area is 122 Å². The lowest BCUT2D eigenvalue weighted by Crippen LogP contribution is -2.33. The van der Waals surface area contributed by atoms with Crippen LogP contribution >= 0.6 is 0 Å². The Kier molecular flexibility index (Phi) is 5.86. The molecule has 0 saturated carbocycles. The first kappa shape index (κ1) is 16.6. The lowest BCUT2D eigenvalue weighted by Gasteiger charge is -2.15. The summed E-state index contributed by atoms with van der Waals surface area (Å²) in [6, 6.07) is 4.46. The fraction of sp³-hybridized carbons (Fsp3) is 0.357. The van der Waals surface area contributed by atoms with Crippen molar-refractivity contribution in [1.29, 1.82) is 0 Å². The second-order valence-corrected chi connectivity index (χ2v) is 4.58. The number of ether oxygens (including phenoxy) is 1. The van der Waals surface area contributed by atoms with Crippen molar-refractivity contribution in [2.75, 3.05) is 26.0 Å². The number of hydrogen-bond acceptors (Lipinski definition) is 4. The van der Waals surface area contributed by atoms with Crippen molar-refractivity contribution in [2.45, 2.75) is 13.5 Å². The summed E-state index contributed by atoms with van der Waals surface area (Å²) in [5, 5.41) is 11.6. The van der Waals surface area contributed by atoms with Gasteiger partial charge in [-0.3, -0.25) is 9.59 Å². The topological polar surface area (TPSA) is 95.9 Å². The van der Waals surface area contributed by atoms with Gasteiger partial charge in [-0.1, -0.05) is 0 Å². The van der Waals surface area contributed by atoms with Gasteiger partial charge in [0.1, 0.15) is 0 Å². The number of benzene rings is 1. The number of carbonyl (C=O) groups excluding carboxylic acids is 2. The summed E-state index contributed by atoms with van der Waals surface area (Å²) < 4.78 is 4.96. The number of aromatic carboxylic acids is 1. The highest BCUT2D eigenvalue weighted by molar-refractivity contribution is 5.96. The van der Waals surface area contributed by atoms with Crippen LogP contribution in [0.4, 0.5) is 5.69 Å². The number of nitrogens with one attached hydrogen (secondary N) is 1. The maximum absolute atomic E-state index is 11.8. The van der Waals surface area contributed by atoms with E-state index in [4.69, 9.17) is 9.84 Å². The summed E-state index contributed by atoms with van der Waals surface area (Å²) >= 11 is 0. The Morgan fingerprint density at radius 3 is 2.48 bits per heavy atom. The molecule has 1 aromatic carbocycles. The third-order valence-electron chi connectivity index (χ3n) is 2.75. The first-order chi connectivity index (χ1) is 9.83. The number of carboxylic acid groups (broad SMARTS) is 1. The van der Waals surface area contributed by atoms with Gasteiger partial charge in [0.15, 0.2) is 0 Å². The van der Waals surface area contributed by atoms with Crippen LogP contribution in [-0.2, 0) is 20.9 Å². The Morgan fingerprint density at radius 2 is 1.95 bits per heavy atom. The minimum atomic E-state index is -1.09. The number of amides is 2. The average molecular weight is 294 g/mol. The number of hydrogen-bond donors (Lipinski definition) is 2. The monoisotopic (exact) mass is 294 g/mol. The maximum atomic E-state index is 11.8. The van der Waals surface area contributed by atoms with Gasteiger partial charge in [0, 0.05) is 26.8 Å². The van der Waals surface area contributed by atoms with Crippen LogP contribution in [0.2, 0.25) is 0 Å². The number of nitrogens with zero attached hydrogens (tertiary/aromatic N) is 1. The quantitative estimate of drug-likeness (QED) is 0.814. The van der Waals surface area contributed by atoms with Crippen molar-refractivity contribution in [3.05, 3.63) is 29.3 Å². The third-order valence-corrected chi connectivity index (χ3v) is 2.75. The van der Waals surface area contributed by atoms with Gasteiger partial charge >= 0.3 is 5.97 Å². The number of rotatable bonds is 6. The Bertz CT molecular complexity index is 556. The summed E-state index contributed by atoms with van der Waals surface area (Å²) in [7, 11) is 3.00. The highest BCUT2D eigenvalue weighted by Crippen LogP contribution is 2.16. The molecule has 0 aliphatic rings. The average Bonchev–Trinajstić information content (AvgIpc) is 2.38. The van der Waals surface area contributed by atoms with Gasteiger partial charge in [0.05, 0.1) is 18.7 Å². The molecule has 0 spiro atoms. The molecule has 1 aromatic rings. The van der Waals surface area contributed by atoms with Crippen LogP contribution in [0.3, 0.4) is 0 Å². The molecule has 0 fully saturated rings. The molecule has 21 heavy (non-hydrogen) atoms. The van der Waals surface area contributed by atoms with E-state index in [1.54, 1.807) is 6.07 Å². The van der Waals surface area contributed by atoms with Crippen LogP contribution in [0.1, 0.15) is 22.8 Å². The van der Waals surface area contributed by atoms with Crippen LogP contribution in [0.25, 0.3) is 0 Å². The lowest BCUT2D eigenvalue weighted by molar-refractivity contribution is -0.131. The zero-order valence-electron chi connectivity index (χ0n) is 12.2. The summed E-state index contributed by atoms with van der Waals surface area (Å²) in [6.45, 7) is 1.48. The molecule has 0 bridgehead atoms. The van der Waals surface area contributed by atoms with Crippen molar-refractivity contribution < 1.29 is 24.2 Å². The largest absolute Gasteiger partial charge is 0.478 e. The Morgan fingerprint density at radius 1 is 1.29 bits per heavy atom. The summed E-state index contributed by atoms with van der Waals surface area (Å²) in [5.74, 6) is -1.73. The van der Waals surface area contributed by atoms with E-state index in [1.807, 2.05) is 0 Å². The molecule has 0 atom stereocenters. The van der Waals surface area contributed by atoms with Crippen LogP contribution in [0.15, 0.2) is 18.2 Å². The predicted molar refractivity (Wildman–Crippen MR) is 76.1 cm³/mol. The molecule has 0 aliphatic heterocycles. The fourth-order valence-corrected chi connectivity index (χ4v) is 1.66. The van der Waals surface area contributed by atoms with E-state index in [2.05, 4.69) is 5.32 Å². The molecule has 0 heterocycles. The molecule has 0 unspecified atom stereocenters. The number of methoxy groups -OCH3 is 1. The third kappa shape index (κ3) is 5.23. The zero-order chi connectivity index (χ0) is 16.0. The molecule has 2 N–H and O–H groups in total. The summed E-state index contributed by atoms with van der Waals surface area (Å²) in [5.41, 5.74) is 1.04. The molecule has 114 valence electrons. The molecule has 0 aromatic heterocycles. The first-order valence-corrected chi connectivity index (χ1v) is 6.21. The van der Waals surface area contributed by atoms with E-state index in [0.717, 1.165) is 0 Å². The van der Waals surface area contributed by atoms with E-state index in [0.29, 0.717) is 11.3 Å². The zero-order valence-corrected chi connectivity index (χ0v) is 12.2. The minimum Gasteiger partial charge on any atom is -0.478 e.